The topological polar surface area (TPSA) is 118 Å². The van der Waals surface area contributed by atoms with Gasteiger partial charge < -0.3 is 25.0 Å². The summed E-state index contributed by atoms with van der Waals surface area (Å²) < 4.78 is 10.6. The minimum atomic E-state index is 0.0339. The number of carbonyl (C=O) groups is 1. The van der Waals surface area contributed by atoms with E-state index in [1.165, 1.54) is 6.33 Å². The van der Waals surface area contributed by atoms with Gasteiger partial charge in [0.2, 0.25) is 5.91 Å². The molecule has 0 saturated carbocycles. The summed E-state index contributed by atoms with van der Waals surface area (Å²) in [4.78, 5) is 24.0. The lowest BCUT2D eigenvalue weighted by atomic mass is 10.0. The van der Waals surface area contributed by atoms with Gasteiger partial charge in [0, 0.05) is 44.6 Å². The van der Waals surface area contributed by atoms with Gasteiger partial charge in [-0.2, -0.15) is 0 Å². The van der Waals surface area contributed by atoms with Gasteiger partial charge in [-0.1, -0.05) is 0 Å². The van der Waals surface area contributed by atoms with Crippen molar-refractivity contribution in [2.45, 2.75) is 0 Å². The summed E-state index contributed by atoms with van der Waals surface area (Å²) in [5.41, 5.74) is 7.64. The van der Waals surface area contributed by atoms with Crippen molar-refractivity contribution < 1.29 is 14.3 Å². The molecule has 0 radical (unpaired) electrons. The van der Waals surface area contributed by atoms with Crippen molar-refractivity contribution in [3.63, 3.8) is 0 Å². The van der Waals surface area contributed by atoms with Crippen molar-refractivity contribution in [3.8, 4) is 5.75 Å². The number of ether oxygens (including phenoxy) is 2. The fourth-order valence-corrected chi connectivity index (χ4v) is 2.83. The fourth-order valence-electron chi connectivity index (χ4n) is 2.83. The van der Waals surface area contributed by atoms with E-state index in [0.717, 1.165) is 0 Å². The summed E-state index contributed by atoms with van der Waals surface area (Å²) in [6.45, 7) is 2.43. The van der Waals surface area contributed by atoms with Gasteiger partial charge in [-0.3, -0.25) is 10.2 Å². The number of benzene rings is 1. The summed E-state index contributed by atoms with van der Waals surface area (Å²) in [6, 6.07) is 6.88. The molecule has 2 heterocycles. The molecule has 1 fully saturated rings. The third-order valence-corrected chi connectivity index (χ3v) is 4.54. The maximum Gasteiger partial charge on any atom is 0.241 e. The van der Waals surface area contributed by atoms with Crippen molar-refractivity contribution in [2.75, 3.05) is 57.6 Å². The SMILES string of the molecule is COCCOc1ccc(N)c(C(=N)c2cc(N3CCN(C)C(=O)C3)ncn2)c1. The minimum absolute atomic E-state index is 0.0339. The van der Waals surface area contributed by atoms with Crippen LogP contribution in [0.4, 0.5) is 11.5 Å². The molecule has 3 N–H and O–H groups in total. The van der Waals surface area contributed by atoms with E-state index >= 15 is 0 Å². The highest BCUT2D eigenvalue weighted by Crippen LogP contribution is 2.23. The maximum atomic E-state index is 12.0. The van der Waals surface area contributed by atoms with Gasteiger partial charge in [-0.25, -0.2) is 9.97 Å². The Morgan fingerprint density at radius 2 is 2.07 bits per heavy atom. The number of likely N-dealkylation sites (N-methyl/N-ethyl adjacent to an activating group) is 1. The van der Waals surface area contributed by atoms with Crippen LogP contribution >= 0.6 is 0 Å². The van der Waals surface area contributed by atoms with Crippen LogP contribution in [-0.4, -0.2) is 73.5 Å². The van der Waals surface area contributed by atoms with Crippen LogP contribution < -0.4 is 15.4 Å². The van der Waals surface area contributed by atoms with Crippen LogP contribution in [0.25, 0.3) is 0 Å². The zero-order valence-corrected chi connectivity index (χ0v) is 16.0. The number of carbonyl (C=O) groups excluding carboxylic acids is 1. The van der Waals surface area contributed by atoms with E-state index in [4.69, 9.17) is 20.6 Å². The van der Waals surface area contributed by atoms with Crippen molar-refractivity contribution in [1.29, 1.82) is 5.41 Å². The predicted octanol–water partition coefficient (Wildman–Crippen LogP) is 0.779. The first-order valence-corrected chi connectivity index (χ1v) is 8.91. The molecule has 0 unspecified atom stereocenters. The zero-order chi connectivity index (χ0) is 20.1. The van der Waals surface area contributed by atoms with E-state index in [1.54, 1.807) is 43.3 Å². The van der Waals surface area contributed by atoms with Crippen LogP contribution in [0, 0.1) is 5.41 Å². The number of hydrogen-bond acceptors (Lipinski definition) is 8. The smallest absolute Gasteiger partial charge is 0.241 e. The highest BCUT2D eigenvalue weighted by molar-refractivity contribution is 6.13. The number of nitrogen functional groups attached to an aromatic ring is 1. The zero-order valence-electron chi connectivity index (χ0n) is 16.0. The third-order valence-electron chi connectivity index (χ3n) is 4.54. The Labute approximate surface area is 163 Å². The lowest BCUT2D eigenvalue weighted by Crippen LogP contribution is -2.48. The van der Waals surface area contributed by atoms with Gasteiger partial charge >= 0.3 is 0 Å². The van der Waals surface area contributed by atoms with Crippen LogP contribution in [-0.2, 0) is 9.53 Å². The molecule has 1 aromatic heterocycles. The highest BCUT2D eigenvalue weighted by atomic mass is 16.5. The van der Waals surface area contributed by atoms with Gasteiger partial charge in [0.25, 0.3) is 0 Å². The monoisotopic (exact) mass is 384 g/mol. The summed E-state index contributed by atoms with van der Waals surface area (Å²) >= 11 is 0. The first-order valence-electron chi connectivity index (χ1n) is 8.91. The molecule has 1 aliphatic heterocycles. The first kappa shape index (κ1) is 19.6. The molecule has 1 aliphatic rings. The number of anilines is 2. The number of nitrogens with zero attached hydrogens (tertiary/aromatic N) is 4. The Kier molecular flexibility index (Phi) is 6.05. The number of nitrogens with two attached hydrogens (primary N) is 1. The van der Waals surface area contributed by atoms with Crippen LogP contribution in [0.15, 0.2) is 30.6 Å². The molecule has 9 nitrogen and oxygen atoms in total. The van der Waals surface area contributed by atoms with E-state index < -0.39 is 0 Å². The number of hydrogen-bond donors (Lipinski definition) is 2. The van der Waals surface area contributed by atoms with Crippen molar-refractivity contribution in [2.24, 2.45) is 0 Å². The molecule has 1 saturated heterocycles. The Balaban J connectivity index is 1.81. The molecule has 3 rings (SSSR count). The fraction of sp³-hybridized carbons (Fsp3) is 0.368. The normalized spacial score (nSPS) is 14.3. The lowest BCUT2D eigenvalue weighted by molar-refractivity contribution is -0.129. The highest BCUT2D eigenvalue weighted by Gasteiger charge is 2.23. The Morgan fingerprint density at radius 1 is 1.25 bits per heavy atom. The predicted molar refractivity (Wildman–Crippen MR) is 106 cm³/mol. The maximum absolute atomic E-state index is 12.0. The molecular formula is C19H24N6O3. The van der Waals surface area contributed by atoms with Crippen molar-refractivity contribution in [1.82, 2.24) is 14.9 Å². The Bertz CT molecular complexity index is 872. The molecular weight excluding hydrogens is 360 g/mol. The average Bonchev–Trinajstić information content (AvgIpc) is 2.71. The van der Waals surface area contributed by atoms with E-state index in [2.05, 4.69) is 9.97 Å². The largest absolute Gasteiger partial charge is 0.491 e. The van der Waals surface area contributed by atoms with Gasteiger partial charge in [0.15, 0.2) is 0 Å². The van der Waals surface area contributed by atoms with Crippen LogP contribution in [0.1, 0.15) is 11.3 Å². The molecule has 9 heteroatoms. The van der Waals surface area contributed by atoms with Crippen LogP contribution in [0.5, 0.6) is 5.75 Å². The molecule has 1 aromatic carbocycles. The number of nitrogens with one attached hydrogen (secondary N) is 1. The molecule has 1 amide bonds. The number of aromatic nitrogens is 2. The lowest BCUT2D eigenvalue weighted by Gasteiger charge is -2.32. The van der Waals surface area contributed by atoms with Gasteiger partial charge in [0.05, 0.1) is 24.6 Å². The quantitative estimate of drug-likeness (QED) is 0.411. The molecule has 28 heavy (non-hydrogen) atoms. The molecule has 0 spiro atoms. The van der Waals surface area contributed by atoms with Crippen molar-refractivity contribution in [3.05, 3.63) is 41.9 Å². The minimum Gasteiger partial charge on any atom is -0.491 e. The summed E-state index contributed by atoms with van der Waals surface area (Å²) in [5.74, 6) is 1.25. The number of amides is 1. The standard InChI is InChI=1S/C19H24N6O3/c1-24-5-6-25(11-18(24)26)17-10-16(22-12-23-17)19(21)14-9-13(3-4-15(14)20)28-8-7-27-2/h3-4,9-10,12,21H,5-8,11,20H2,1-2H3. The van der Waals surface area contributed by atoms with E-state index in [1.807, 2.05) is 4.90 Å². The molecule has 0 bridgehead atoms. The van der Waals surface area contributed by atoms with Gasteiger partial charge in [0.1, 0.15) is 24.5 Å². The second kappa shape index (κ2) is 8.66. The van der Waals surface area contributed by atoms with E-state index in [0.29, 0.717) is 54.8 Å². The number of piperazine rings is 1. The number of methoxy groups -OCH3 is 1. The van der Waals surface area contributed by atoms with Gasteiger partial charge in [-0.15, -0.1) is 0 Å². The average molecular weight is 384 g/mol. The third kappa shape index (κ3) is 4.37. The van der Waals surface area contributed by atoms with Crippen molar-refractivity contribution >= 4 is 23.1 Å². The summed E-state index contributed by atoms with van der Waals surface area (Å²) in [5, 5.41) is 8.56. The van der Waals surface area contributed by atoms with Crippen LogP contribution in [0.2, 0.25) is 0 Å². The second-order valence-electron chi connectivity index (χ2n) is 6.46. The van der Waals surface area contributed by atoms with E-state index in [9.17, 15) is 4.79 Å². The Hall–Kier alpha value is -3.20. The molecule has 0 atom stereocenters. The second-order valence-corrected chi connectivity index (χ2v) is 6.46. The van der Waals surface area contributed by atoms with Gasteiger partial charge in [-0.05, 0) is 18.2 Å². The molecule has 2 aromatic rings. The molecule has 0 aliphatic carbocycles. The number of rotatable bonds is 7. The Morgan fingerprint density at radius 3 is 2.82 bits per heavy atom. The molecule has 148 valence electrons. The first-order chi connectivity index (χ1) is 13.5. The van der Waals surface area contributed by atoms with E-state index in [-0.39, 0.29) is 18.2 Å². The summed E-state index contributed by atoms with van der Waals surface area (Å²) in [6.07, 6.45) is 1.40. The summed E-state index contributed by atoms with van der Waals surface area (Å²) in [7, 11) is 3.39. The van der Waals surface area contributed by atoms with Crippen LogP contribution in [0.3, 0.4) is 0 Å².